The summed E-state index contributed by atoms with van der Waals surface area (Å²) in [6.07, 6.45) is 0. The molecule has 0 radical (unpaired) electrons. The zero-order valence-electron chi connectivity index (χ0n) is 11.7. The summed E-state index contributed by atoms with van der Waals surface area (Å²) in [6.45, 7) is 1.97. The molecular formula is C14H15N3O4. The standard InChI is InChI=1S/C14H15N3O4/c1-9-6-7-10(21-9)8-16-14(18)11-4-3-5-12(15-2)13(11)17(19)20/h3-7,15H,8H2,1-2H3,(H,16,18). The molecule has 0 bridgehead atoms. The number of nitrogens with one attached hydrogen (secondary N) is 2. The highest BCUT2D eigenvalue weighted by molar-refractivity contribution is 6.00. The predicted molar refractivity (Wildman–Crippen MR) is 77.3 cm³/mol. The number of carbonyl (C=O) groups excluding carboxylic acids is 1. The van der Waals surface area contributed by atoms with Crippen LogP contribution in [0.5, 0.6) is 0 Å². The van der Waals surface area contributed by atoms with Gasteiger partial charge >= 0.3 is 5.69 Å². The number of carbonyl (C=O) groups is 1. The lowest BCUT2D eigenvalue weighted by atomic mass is 10.1. The van der Waals surface area contributed by atoms with E-state index in [4.69, 9.17) is 4.42 Å². The van der Waals surface area contributed by atoms with Gasteiger partial charge in [0.05, 0.1) is 11.5 Å². The largest absolute Gasteiger partial charge is 0.465 e. The summed E-state index contributed by atoms with van der Waals surface area (Å²) in [5.74, 6) is 0.809. The molecule has 1 heterocycles. The Morgan fingerprint density at radius 3 is 2.67 bits per heavy atom. The van der Waals surface area contributed by atoms with Gasteiger partial charge in [-0.25, -0.2) is 0 Å². The van der Waals surface area contributed by atoms with Gasteiger partial charge in [-0.2, -0.15) is 0 Å². The maximum Gasteiger partial charge on any atom is 0.305 e. The zero-order valence-corrected chi connectivity index (χ0v) is 11.7. The molecule has 21 heavy (non-hydrogen) atoms. The van der Waals surface area contributed by atoms with Crippen LogP contribution in [0.3, 0.4) is 0 Å². The number of furan rings is 1. The quantitative estimate of drug-likeness (QED) is 0.651. The first-order valence-electron chi connectivity index (χ1n) is 6.31. The fourth-order valence-corrected chi connectivity index (χ4v) is 1.97. The van der Waals surface area contributed by atoms with Gasteiger partial charge < -0.3 is 15.1 Å². The van der Waals surface area contributed by atoms with E-state index in [-0.39, 0.29) is 17.8 Å². The van der Waals surface area contributed by atoms with E-state index >= 15 is 0 Å². The third-order valence-electron chi connectivity index (χ3n) is 2.95. The van der Waals surface area contributed by atoms with Crippen LogP contribution in [0.4, 0.5) is 11.4 Å². The van der Waals surface area contributed by atoms with E-state index in [1.165, 1.54) is 6.07 Å². The molecule has 1 aromatic carbocycles. The number of para-hydroxylation sites is 1. The first-order chi connectivity index (χ1) is 10.0. The van der Waals surface area contributed by atoms with E-state index < -0.39 is 10.8 Å². The highest BCUT2D eigenvalue weighted by atomic mass is 16.6. The molecule has 110 valence electrons. The maximum absolute atomic E-state index is 12.1. The molecule has 1 amide bonds. The average molecular weight is 289 g/mol. The molecule has 0 atom stereocenters. The molecule has 0 saturated heterocycles. The van der Waals surface area contributed by atoms with Gasteiger partial charge in [0, 0.05) is 7.05 Å². The smallest absolute Gasteiger partial charge is 0.305 e. The van der Waals surface area contributed by atoms with Crippen molar-refractivity contribution in [2.75, 3.05) is 12.4 Å². The molecule has 0 unspecified atom stereocenters. The minimum atomic E-state index is -0.572. The number of hydrogen-bond acceptors (Lipinski definition) is 5. The normalized spacial score (nSPS) is 10.2. The van der Waals surface area contributed by atoms with Gasteiger partial charge in [0.1, 0.15) is 22.8 Å². The second kappa shape index (κ2) is 6.08. The van der Waals surface area contributed by atoms with Crippen molar-refractivity contribution in [2.24, 2.45) is 0 Å². The third-order valence-corrected chi connectivity index (χ3v) is 2.95. The molecule has 0 aliphatic heterocycles. The van der Waals surface area contributed by atoms with Crippen molar-refractivity contribution >= 4 is 17.3 Å². The van der Waals surface area contributed by atoms with Crippen molar-refractivity contribution in [2.45, 2.75) is 13.5 Å². The van der Waals surface area contributed by atoms with E-state index in [0.717, 1.165) is 5.76 Å². The first-order valence-corrected chi connectivity index (χ1v) is 6.31. The summed E-state index contributed by atoms with van der Waals surface area (Å²) < 4.78 is 5.33. The second-order valence-electron chi connectivity index (χ2n) is 4.40. The van der Waals surface area contributed by atoms with Gasteiger partial charge in [-0.15, -0.1) is 0 Å². The summed E-state index contributed by atoms with van der Waals surface area (Å²) in [5.41, 5.74) is 0.0600. The maximum atomic E-state index is 12.1. The number of benzene rings is 1. The summed E-state index contributed by atoms with van der Waals surface area (Å²) in [7, 11) is 1.57. The first kappa shape index (κ1) is 14.6. The van der Waals surface area contributed by atoms with Crippen molar-refractivity contribution in [3.63, 3.8) is 0 Å². The van der Waals surface area contributed by atoms with Crippen molar-refractivity contribution < 1.29 is 14.1 Å². The highest BCUT2D eigenvalue weighted by Crippen LogP contribution is 2.28. The van der Waals surface area contributed by atoms with E-state index in [0.29, 0.717) is 11.4 Å². The van der Waals surface area contributed by atoms with Gasteiger partial charge in [-0.1, -0.05) is 6.07 Å². The molecule has 0 saturated carbocycles. The topological polar surface area (TPSA) is 97.4 Å². The molecule has 2 aromatic rings. The van der Waals surface area contributed by atoms with Crippen molar-refractivity contribution in [1.29, 1.82) is 0 Å². The Balaban J connectivity index is 2.20. The molecule has 0 aliphatic carbocycles. The monoisotopic (exact) mass is 289 g/mol. The minimum absolute atomic E-state index is 0.00938. The molecule has 0 spiro atoms. The zero-order chi connectivity index (χ0) is 15.4. The fraction of sp³-hybridized carbons (Fsp3) is 0.214. The Morgan fingerprint density at radius 1 is 1.33 bits per heavy atom. The van der Waals surface area contributed by atoms with Crippen LogP contribution in [0.2, 0.25) is 0 Å². The third kappa shape index (κ3) is 3.19. The Bertz CT molecular complexity index is 679. The summed E-state index contributed by atoms with van der Waals surface area (Å²) in [5, 5.41) is 16.5. The number of rotatable bonds is 5. The Morgan fingerprint density at radius 2 is 2.10 bits per heavy atom. The molecule has 0 aliphatic rings. The number of anilines is 1. The lowest BCUT2D eigenvalue weighted by Gasteiger charge is -2.07. The molecule has 1 aromatic heterocycles. The van der Waals surface area contributed by atoms with Crippen LogP contribution in [0, 0.1) is 17.0 Å². The van der Waals surface area contributed by atoms with Gasteiger partial charge in [0.25, 0.3) is 5.91 Å². The van der Waals surface area contributed by atoms with E-state index in [1.54, 1.807) is 38.2 Å². The molecule has 7 nitrogen and oxygen atoms in total. The number of nitro benzene ring substituents is 1. The molecule has 0 fully saturated rings. The number of aryl methyl sites for hydroxylation is 1. The average Bonchev–Trinajstić information content (AvgIpc) is 2.89. The van der Waals surface area contributed by atoms with Crippen molar-refractivity contribution in [1.82, 2.24) is 5.32 Å². The van der Waals surface area contributed by atoms with Crippen LogP contribution in [0.15, 0.2) is 34.7 Å². The Kier molecular flexibility index (Phi) is 4.22. The lowest BCUT2D eigenvalue weighted by Crippen LogP contribution is -2.23. The van der Waals surface area contributed by atoms with E-state index in [9.17, 15) is 14.9 Å². The minimum Gasteiger partial charge on any atom is -0.465 e. The lowest BCUT2D eigenvalue weighted by molar-refractivity contribution is -0.384. The molecule has 2 N–H and O–H groups in total. The summed E-state index contributed by atoms with van der Waals surface area (Å²) in [4.78, 5) is 22.7. The van der Waals surface area contributed by atoms with Crippen LogP contribution in [-0.2, 0) is 6.54 Å². The van der Waals surface area contributed by atoms with E-state index in [2.05, 4.69) is 10.6 Å². The molecular weight excluding hydrogens is 274 g/mol. The van der Waals surface area contributed by atoms with E-state index in [1.807, 2.05) is 0 Å². The predicted octanol–water partition coefficient (Wildman–Crippen LogP) is 2.47. The highest BCUT2D eigenvalue weighted by Gasteiger charge is 2.23. The van der Waals surface area contributed by atoms with Crippen molar-refractivity contribution in [3.8, 4) is 0 Å². The number of nitro groups is 1. The van der Waals surface area contributed by atoms with Crippen LogP contribution in [-0.4, -0.2) is 17.9 Å². The van der Waals surface area contributed by atoms with Gasteiger partial charge in [0.15, 0.2) is 0 Å². The summed E-state index contributed by atoms with van der Waals surface area (Å²) >= 11 is 0. The van der Waals surface area contributed by atoms with Crippen LogP contribution >= 0.6 is 0 Å². The number of hydrogen-bond donors (Lipinski definition) is 2. The molecule has 7 heteroatoms. The van der Waals surface area contributed by atoms with Gasteiger partial charge in [-0.05, 0) is 31.2 Å². The number of amides is 1. The Hall–Kier alpha value is -2.83. The van der Waals surface area contributed by atoms with Crippen LogP contribution in [0.25, 0.3) is 0 Å². The fourth-order valence-electron chi connectivity index (χ4n) is 1.97. The SMILES string of the molecule is CNc1cccc(C(=O)NCc2ccc(C)o2)c1[N+](=O)[O-]. The number of nitrogens with zero attached hydrogens (tertiary/aromatic N) is 1. The van der Waals surface area contributed by atoms with Crippen LogP contribution in [0.1, 0.15) is 21.9 Å². The van der Waals surface area contributed by atoms with Gasteiger partial charge in [-0.3, -0.25) is 14.9 Å². The molecule has 2 rings (SSSR count). The summed E-state index contributed by atoms with van der Waals surface area (Å²) in [6, 6.07) is 8.08. The van der Waals surface area contributed by atoms with Gasteiger partial charge in [0.2, 0.25) is 0 Å². The van der Waals surface area contributed by atoms with Crippen LogP contribution < -0.4 is 10.6 Å². The Labute approximate surface area is 121 Å². The van der Waals surface area contributed by atoms with Crippen molar-refractivity contribution in [3.05, 3.63) is 57.5 Å². The second-order valence-corrected chi connectivity index (χ2v) is 4.40.